The summed E-state index contributed by atoms with van der Waals surface area (Å²) in [5.74, 6) is 1.64. The minimum Gasteiger partial charge on any atom is -0.378 e. The summed E-state index contributed by atoms with van der Waals surface area (Å²) in [6, 6.07) is 0. The lowest BCUT2D eigenvalue weighted by atomic mass is 10.2. The molecule has 1 aromatic heterocycles. The maximum Gasteiger partial charge on any atom is 0.203 e. The molecule has 1 aromatic rings. The molecule has 1 aliphatic rings. The van der Waals surface area contributed by atoms with Crippen LogP contribution in [-0.4, -0.2) is 28.8 Å². The molecule has 0 aromatic carbocycles. The number of anilines is 1. The van der Waals surface area contributed by atoms with E-state index in [1.165, 1.54) is 12.8 Å². The highest BCUT2D eigenvalue weighted by atomic mass is 16.5. The van der Waals surface area contributed by atoms with E-state index in [0.29, 0.717) is 12.0 Å². The van der Waals surface area contributed by atoms with E-state index in [2.05, 4.69) is 34.9 Å². The number of nitrogens with one attached hydrogen (secondary N) is 1. The average Bonchev–Trinajstić information content (AvgIpc) is 2.89. The standard InChI is InChI=1S/C14H25N3O/c1-11(2)9-17-10-12(3)16-14(17)15-7-6-13-5-4-8-18-13/h10-11,13H,4-9H2,1-3H3,(H,15,16). The molecule has 1 aliphatic heterocycles. The highest BCUT2D eigenvalue weighted by molar-refractivity contribution is 5.28. The molecule has 0 saturated carbocycles. The Labute approximate surface area is 110 Å². The summed E-state index contributed by atoms with van der Waals surface area (Å²) in [5.41, 5.74) is 1.08. The van der Waals surface area contributed by atoms with Gasteiger partial charge in [0.15, 0.2) is 0 Å². The van der Waals surface area contributed by atoms with Crippen LogP contribution in [-0.2, 0) is 11.3 Å². The molecule has 0 spiro atoms. The molecule has 0 bridgehead atoms. The van der Waals surface area contributed by atoms with Crippen molar-refractivity contribution in [2.45, 2.75) is 52.7 Å². The van der Waals surface area contributed by atoms with Crippen LogP contribution in [0.3, 0.4) is 0 Å². The summed E-state index contributed by atoms with van der Waals surface area (Å²) >= 11 is 0. The second-order valence-corrected chi connectivity index (χ2v) is 5.60. The largest absolute Gasteiger partial charge is 0.378 e. The zero-order valence-corrected chi connectivity index (χ0v) is 11.8. The molecule has 1 saturated heterocycles. The number of rotatable bonds is 6. The van der Waals surface area contributed by atoms with Gasteiger partial charge in [-0.1, -0.05) is 13.8 Å². The second kappa shape index (κ2) is 6.23. The van der Waals surface area contributed by atoms with Crippen LogP contribution in [0.1, 0.15) is 38.8 Å². The van der Waals surface area contributed by atoms with E-state index < -0.39 is 0 Å². The summed E-state index contributed by atoms with van der Waals surface area (Å²) in [5, 5.41) is 3.44. The lowest BCUT2D eigenvalue weighted by Gasteiger charge is -2.13. The number of ether oxygens (including phenoxy) is 1. The highest BCUT2D eigenvalue weighted by Gasteiger charge is 2.15. The Kier molecular flexibility index (Phi) is 4.64. The van der Waals surface area contributed by atoms with Gasteiger partial charge in [-0.3, -0.25) is 0 Å². The van der Waals surface area contributed by atoms with Gasteiger partial charge in [0.25, 0.3) is 0 Å². The van der Waals surface area contributed by atoms with Crippen LogP contribution >= 0.6 is 0 Å². The molecule has 0 amide bonds. The van der Waals surface area contributed by atoms with E-state index in [4.69, 9.17) is 4.74 Å². The molecule has 0 aliphatic carbocycles. The number of aromatic nitrogens is 2. The van der Waals surface area contributed by atoms with Gasteiger partial charge < -0.3 is 14.6 Å². The SMILES string of the molecule is Cc1cn(CC(C)C)c(NCCC2CCCO2)n1. The van der Waals surface area contributed by atoms with E-state index >= 15 is 0 Å². The molecule has 4 nitrogen and oxygen atoms in total. The van der Waals surface area contributed by atoms with Crippen molar-refractivity contribution >= 4 is 5.95 Å². The minimum absolute atomic E-state index is 0.451. The molecule has 2 rings (SSSR count). The Hall–Kier alpha value is -1.03. The maximum absolute atomic E-state index is 5.62. The van der Waals surface area contributed by atoms with E-state index in [-0.39, 0.29) is 0 Å². The fourth-order valence-corrected chi connectivity index (χ4v) is 2.44. The quantitative estimate of drug-likeness (QED) is 0.845. The third kappa shape index (κ3) is 3.73. The van der Waals surface area contributed by atoms with Gasteiger partial charge in [-0.05, 0) is 32.1 Å². The molecule has 0 radical (unpaired) electrons. The van der Waals surface area contributed by atoms with E-state index in [1.807, 2.05) is 6.92 Å². The van der Waals surface area contributed by atoms with Crippen LogP contribution in [0, 0.1) is 12.8 Å². The van der Waals surface area contributed by atoms with Gasteiger partial charge in [0, 0.05) is 25.9 Å². The van der Waals surface area contributed by atoms with Crippen molar-refractivity contribution in [1.29, 1.82) is 0 Å². The molecule has 2 heterocycles. The summed E-state index contributed by atoms with van der Waals surface area (Å²) in [7, 11) is 0. The van der Waals surface area contributed by atoms with Crippen molar-refractivity contribution in [3.05, 3.63) is 11.9 Å². The first kappa shape index (κ1) is 13.4. The number of aryl methyl sites for hydroxylation is 1. The van der Waals surface area contributed by atoms with Crippen LogP contribution < -0.4 is 5.32 Å². The summed E-state index contributed by atoms with van der Waals surface area (Å²) in [6.07, 6.45) is 6.07. The van der Waals surface area contributed by atoms with Gasteiger partial charge in [-0.15, -0.1) is 0 Å². The van der Waals surface area contributed by atoms with Gasteiger partial charge in [0.05, 0.1) is 11.8 Å². The first-order valence-electron chi connectivity index (χ1n) is 7.04. The molecule has 4 heteroatoms. The highest BCUT2D eigenvalue weighted by Crippen LogP contribution is 2.16. The molecular weight excluding hydrogens is 226 g/mol. The Bertz CT molecular complexity index is 367. The van der Waals surface area contributed by atoms with Crippen molar-refractivity contribution in [1.82, 2.24) is 9.55 Å². The number of hydrogen-bond acceptors (Lipinski definition) is 3. The van der Waals surface area contributed by atoms with E-state index in [9.17, 15) is 0 Å². The topological polar surface area (TPSA) is 39.1 Å². The molecule has 1 N–H and O–H groups in total. The number of imidazole rings is 1. The zero-order chi connectivity index (χ0) is 13.0. The van der Waals surface area contributed by atoms with Crippen LogP contribution in [0.25, 0.3) is 0 Å². The first-order valence-corrected chi connectivity index (χ1v) is 7.04. The normalized spacial score (nSPS) is 19.7. The molecule has 1 atom stereocenters. The Morgan fingerprint density at radius 2 is 2.39 bits per heavy atom. The van der Waals surface area contributed by atoms with Crippen molar-refractivity contribution in [3.8, 4) is 0 Å². The van der Waals surface area contributed by atoms with Crippen LogP contribution in [0.15, 0.2) is 6.20 Å². The van der Waals surface area contributed by atoms with Crippen LogP contribution in [0.2, 0.25) is 0 Å². The molecule has 102 valence electrons. The lowest BCUT2D eigenvalue weighted by molar-refractivity contribution is 0.107. The zero-order valence-electron chi connectivity index (χ0n) is 11.8. The van der Waals surface area contributed by atoms with Crippen molar-refractivity contribution in [3.63, 3.8) is 0 Å². The fraction of sp³-hybridized carbons (Fsp3) is 0.786. The van der Waals surface area contributed by atoms with Crippen molar-refractivity contribution < 1.29 is 4.74 Å². The van der Waals surface area contributed by atoms with Crippen molar-refractivity contribution in [2.24, 2.45) is 5.92 Å². The molecule has 18 heavy (non-hydrogen) atoms. The smallest absolute Gasteiger partial charge is 0.203 e. The molecule has 1 unspecified atom stereocenters. The average molecular weight is 251 g/mol. The van der Waals surface area contributed by atoms with Gasteiger partial charge in [-0.25, -0.2) is 4.98 Å². The van der Waals surface area contributed by atoms with E-state index in [0.717, 1.165) is 37.8 Å². The van der Waals surface area contributed by atoms with Gasteiger partial charge in [0.2, 0.25) is 5.95 Å². The van der Waals surface area contributed by atoms with Crippen LogP contribution in [0.5, 0.6) is 0 Å². The van der Waals surface area contributed by atoms with Crippen LogP contribution in [0.4, 0.5) is 5.95 Å². The summed E-state index contributed by atoms with van der Waals surface area (Å²) in [6.45, 7) is 9.40. The van der Waals surface area contributed by atoms with Gasteiger partial charge in [-0.2, -0.15) is 0 Å². The molecular formula is C14H25N3O. The summed E-state index contributed by atoms with van der Waals surface area (Å²) < 4.78 is 7.84. The Morgan fingerprint density at radius 3 is 3.06 bits per heavy atom. The van der Waals surface area contributed by atoms with Gasteiger partial charge >= 0.3 is 0 Å². The third-order valence-electron chi connectivity index (χ3n) is 3.23. The fourth-order valence-electron chi connectivity index (χ4n) is 2.44. The summed E-state index contributed by atoms with van der Waals surface area (Å²) in [4.78, 5) is 4.54. The van der Waals surface area contributed by atoms with E-state index in [1.54, 1.807) is 0 Å². The maximum atomic E-state index is 5.62. The monoisotopic (exact) mass is 251 g/mol. The predicted octanol–water partition coefficient (Wildman–Crippen LogP) is 2.83. The Balaban J connectivity index is 1.83. The second-order valence-electron chi connectivity index (χ2n) is 5.60. The Morgan fingerprint density at radius 1 is 1.56 bits per heavy atom. The first-order chi connectivity index (χ1) is 8.65. The lowest BCUT2D eigenvalue weighted by Crippen LogP contribution is -2.15. The minimum atomic E-state index is 0.451. The third-order valence-corrected chi connectivity index (χ3v) is 3.23. The van der Waals surface area contributed by atoms with Gasteiger partial charge in [0.1, 0.15) is 0 Å². The van der Waals surface area contributed by atoms with Crippen molar-refractivity contribution in [2.75, 3.05) is 18.5 Å². The molecule has 1 fully saturated rings. The number of hydrogen-bond donors (Lipinski definition) is 1. The number of nitrogens with zero attached hydrogens (tertiary/aromatic N) is 2. The predicted molar refractivity (Wildman–Crippen MR) is 73.9 cm³/mol.